The Kier molecular flexibility index (Phi) is 6.49. The average molecular weight is 416 g/mol. The highest BCUT2D eigenvalue weighted by Gasteiger charge is 2.29. The van der Waals surface area contributed by atoms with Gasteiger partial charge in [0.2, 0.25) is 5.88 Å². The first kappa shape index (κ1) is 17.8. The van der Waals surface area contributed by atoms with Crippen molar-refractivity contribution in [3.63, 3.8) is 0 Å². The van der Waals surface area contributed by atoms with Crippen molar-refractivity contribution in [3.8, 4) is 5.88 Å². The SMILES string of the molecule is CN1CCN=C1NCc1cccnc1OCC(F)(F)F.I. The van der Waals surface area contributed by atoms with Gasteiger partial charge >= 0.3 is 6.18 Å². The Bertz CT molecular complexity index is 496. The first-order valence-electron chi connectivity index (χ1n) is 6.08. The zero-order chi connectivity index (χ0) is 14.6. The molecule has 1 aliphatic heterocycles. The van der Waals surface area contributed by atoms with E-state index in [2.05, 4.69) is 15.3 Å². The molecule has 0 atom stereocenters. The van der Waals surface area contributed by atoms with Crippen LogP contribution in [0.2, 0.25) is 0 Å². The summed E-state index contributed by atoms with van der Waals surface area (Å²) in [5, 5.41) is 3.06. The largest absolute Gasteiger partial charge is 0.468 e. The highest BCUT2D eigenvalue weighted by molar-refractivity contribution is 14.0. The molecular formula is C12H16F3IN4O. The van der Waals surface area contributed by atoms with Crippen LogP contribution >= 0.6 is 24.0 Å². The Morgan fingerprint density at radius 1 is 1.43 bits per heavy atom. The highest BCUT2D eigenvalue weighted by Crippen LogP contribution is 2.19. The van der Waals surface area contributed by atoms with E-state index < -0.39 is 12.8 Å². The summed E-state index contributed by atoms with van der Waals surface area (Å²) in [5.41, 5.74) is 0.555. The quantitative estimate of drug-likeness (QED) is 0.764. The average Bonchev–Trinajstić information content (AvgIpc) is 2.79. The summed E-state index contributed by atoms with van der Waals surface area (Å²) < 4.78 is 41.2. The minimum absolute atomic E-state index is 0. The molecule has 1 aromatic rings. The maximum absolute atomic E-state index is 12.2. The fourth-order valence-electron chi connectivity index (χ4n) is 1.74. The number of aromatic nitrogens is 1. The van der Waals surface area contributed by atoms with Crippen molar-refractivity contribution in [2.24, 2.45) is 4.99 Å². The molecule has 1 N–H and O–H groups in total. The molecule has 2 rings (SSSR count). The van der Waals surface area contributed by atoms with E-state index in [0.717, 1.165) is 12.5 Å². The van der Waals surface area contributed by atoms with Crippen molar-refractivity contribution >= 4 is 29.9 Å². The van der Waals surface area contributed by atoms with E-state index in [4.69, 9.17) is 4.74 Å². The van der Waals surface area contributed by atoms with Crippen LogP contribution in [0, 0.1) is 0 Å². The van der Waals surface area contributed by atoms with Crippen LogP contribution in [0.15, 0.2) is 23.3 Å². The number of nitrogens with one attached hydrogen (secondary N) is 1. The molecule has 0 amide bonds. The van der Waals surface area contributed by atoms with Crippen molar-refractivity contribution in [3.05, 3.63) is 23.9 Å². The first-order valence-corrected chi connectivity index (χ1v) is 6.08. The smallest absolute Gasteiger partial charge is 0.422 e. The number of aliphatic imine (C=N–C) groups is 1. The number of pyridine rings is 1. The number of likely N-dealkylation sites (N-methyl/N-ethyl adjacent to an activating group) is 1. The zero-order valence-corrected chi connectivity index (χ0v) is 13.7. The monoisotopic (exact) mass is 416 g/mol. The van der Waals surface area contributed by atoms with Crippen LogP contribution in [0.25, 0.3) is 0 Å². The molecule has 0 aliphatic carbocycles. The molecule has 1 aliphatic rings. The van der Waals surface area contributed by atoms with E-state index in [1.807, 2.05) is 11.9 Å². The molecular weight excluding hydrogens is 400 g/mol. The van der Waals surface area contributed by atoms with Crippen LogP contribution in [0.3, 0.4) is 0 Å². The second-order valence-electron chi connectivity index (χ2n) is 4.35. The topological polar surface area (TPSA) is 49.8 Å². The second-order valence-corrected chi connectivity index (χ2v) is 4.35. The van der Waals surface area contributed by atoms with Gasteiger partial charge in [0.05, 0.1) is 6.54 Å². The number of ether oxygens (including phenoxy) is 1. The van der Waals surface area contributed by atoms with Crippen LogP contribution in [0.5, 0.6) is 5.88 Å². The normalized spacial score (nSPS) is 14.5. The predicted octanol–water partition coefficient (Wildman–Crippen LogP) is 2.03. The van der Waals surface area contributed by atoms with E-state index in [1.54, 1.807) is 12.1 Å². The number of alkyl halides is 3. The molecule has 0 radical (unpaired) electrons. The fourth-order valence-corrected chi connectivity index (χ4v) is 1.74. The van der Waals surface area contributed by atoms with E-state index in [9.17, 15) is 13.2 Å². The van der Waals surface area contributed by atoms with Crippen LogP contribution in [-0.2, 0) is 6.54 Å². The summed E-state index contributed by atoms with van der Waals surface area (Å²) >= 11 is 0. The number of halogens is 4. The lowest BCUT2D eigenvalue weighted by molar-refractivity contribution is -0.154. The van der Waals surface area contributed by atoms with Crippen molar-refractivity contribution in [2.45, 2.75) is 12.7 Å². The third-order valence-electron chi connectivity index (χ3n) is 2.72. The zero-order valence-electron chi connectivity index (χ0n) is 11.4. The number of guanidine groups is 1. The lowest BCUT2D eigenvalue weighted by Crippen LogP contribution is -2.35. The molecule has 0 saturated carbocycles. The van der Waals surface area contributed by atoms with E-state index >= 15 is 0 Å². The van der Waals surface area contributed by atoms with Gasteiger partial charge in [-0.1, -0.05) is 6.07 Å². The van der Waals surface area contributed by atoms with Crippen molar-refractivity contribution in [1.29, 1.82) is 0 Å². The van der Waals surface area contributed by atoms with Crippen LogP contribution in [0.4, 0.5) is 13.2 Å². The second kappa shape index (κ2) is 7.66. The molecule has 0 saturated heterocycles. The number of hydrogen-bond donors (Lipinski definition) is 1. The Balaban J connectivity index is 0.00000220. The third-order valence-corrected chi connectivity index (χ3v) is 2.72. The van der Waals surface area contributed by atoms with Crippen LogP contribution in [0.1, 0.15) is 5.56 Å². The third kappa shape index (κ3) is 5.56. The molecule has 9 heteroatoms. The highest BCUT2D eigenvalue weighted by atomic mass is 127. The molecule has 5 nitrogen and oxygen atoms in total. The van der Waals surface area contributed by atoms with E-state index in [-0.39, 0.29) is 29.9 Å². The predicted molar refractivity (Wildman–Crippen MR) is 83.0 cm³/mol. The van der Waals surface area contributed by atoms with Gasteiger partial charge in [-0.05, 0) is 6.07 Å². The summed E-state index contributed by atoms with van der Waals surface area (Å²) in [6.07, 6.45) is -2.98. The van der Waals surface area contributed by atoms with E-state index in [1.165, 1.54) is 6.20 Å². The van der Waals surface area contributed by atoms with Crippen molar-refractivity contribution < 1.29 is 17.9 Å². The van der Waals surface area contributed by atoms with Crippen molar-refractivity contribution in [2.75, 3.05) is 26.7 Å². The lowest BCUT2D eigenvalue weighted by Gasteiger charge is -2.16. The van der Waals surface area contributed by atoms with Gasteiger partial charge in [0.15, 0.2) is 12.6 Å². The standard InChI is InChI=1S/C12H15F3N4O.HI/c1-19-6-5-17-11(19)18-7-9-3-2-4-16-10(9)20-8-12(13,14)15;/h2-4H,5-8H2,1H3,(H,17,18);1H. The number of rotatable bonds is 4. The van der Waals surface area contributed by atoms with Gasteiger partial charge < -0.3 is 15.0 Å². The Labute approximate surface area is 137 Å². The Hall–Kier alpha value is -1.26. The van der Waals surface area contributed by atoms with Gasteiger partial charge in [0, 0.05) is 31.9 Å². The maximum atomic E-state index is 12.2. The van der Waals surface area contributed by atoms with Crippen LogP contribution < -0.4 is 10.1 Å². The number of nitrogens with zero attached hydrogens (tertiary/aromatic N) is 3. The summed E-state index contributed by atoms with van der Waals surface area (Å²) in [4.78, 5) is 10.0. The summed E-state index contributed by atoms with van der Waals surface area (Å²) in [5.74, 6) is 0.703. The Morgan fingerprint density at radius 2 is 2.19 bits per heavy atom. The van der Waals surface area contributed by atoms with Gasteiger partial charge in [0.25, 0.3) is 0 Å². The molecule has 118 valence electrons. The Morgan fingerprint density at radius 3 is 2.81 bits per heavy atom. The fraction of sp³-hybridized carbons (Fsp3) is 0.500. The molecule has 2 heterocycles. The first-order chi connectivity index (χ1) is 9.46. The van der Waals surface area contributed by atoms with Crippen molar-refractivity contribution in [1.82, 2.24) is 15.2 Å². The molecule has 0 spiro atoms. The van der Waals surface area contributed by atoms with Gasteiger partial charge in [-0.15, -0.1) is 24.0 Å². The molecule has 0 aromatic carbocycles. The minimum atomic E-state index is -4.38. The van der Waals surface area contributed by atoms with Gasteiger partial charge in [0.1, 0.15) is 0 Å². The lowest BCUT2D eigenvalue weighted by atomic mass is 10.2. The maximum Gasteiger partial charge on any atom is 0.422 e. The summed E-state index contributed by atoms with van der Waals surface area (Å²) in [7, 11) is 1.89. The number of hydrogen-bond acceptors (Lipinski definition) is 5. The van der Waals surface area contributed by atoms with Gasteiger partial charge in [-0.2, -0.15) is 13.2 Å². The van der Waals surface area contributed by atoms with Crippen LogP contribution in [-0.4, -0.2) is 48.8 Å². The molecule has 0 fully saturated rings. The van der Waals surface area contributed by atoms with E-state index in [0.29, 0.717) is 18.7 Å². The molecule has 0 unspecified atom stereocenters. The summed E-state index contributed by atoms with van der Waals surface area (Å²) in [6, 6.07) is 3.32. The minimum Gasteiger partial charge on any atom is -0.468 e. The molecule has 21 heavy (non-hydrogen) atoms. The van der Waals surface area contributed by atoms with Gasteiger partial charge in [-0.25, -0.2) is 4.98 Å². The van der Waals surface area contributed by atoms with Gasteiger partial charge in [-0.3, -0.25) is 4.99 Å². The molecule has 1 aromatic heterocycles. The molecule has 0 bridgehead atoms. The summed E-state index contributed by atoms with van der Waals surface area (Å²) in [6.45, 7) is 0.498.